The number of nitrogens with zero attached hydrogens (tertiary/aromatic N) is 5. The Labute approximate surface area is 183 Å². The summed E-state index contributed by atoms with van der Waals surface area (Å²) in [5.74, 6) is 0.271. The summed E-state index contributed by atoms with van der Waals surface area (Å²) in [6, 6.07) is 12.0. The average molecular weight is 421 g/mol. The van der Waals surface area contributed by atoms with Gasteiger partial charge in [0.25, 0.3) is 0 Å². The number of hydrogen-bond acceptors (Lipinski definition) is 5. The molecule has 0 spiro atoms. The van der Waals surface area contributed by atoms with E-state index < -0.39 is 0 Å². The summed E-state index contributed by atoms with van der Waals surface area (Å²) in [6.45, 7) is 13.1. The number of aromatic hydroxyl groups is 1. The highest BCUT2D eigenvalue weighted by molar-refractivity contribution is 5.73. The Hall–Kier alpha value is -3.22. The van der Waals surface area contributed by atoms with E-state index in [1.165, 1.54) is 5.56 Å². The number of phenols is 1. The molecule has 0 atom stereocenters. The maximum absolute atomic E-state index is 11.1. The molecule has 0 radical (unpaired) electrons. The summed E-state index contributed by atoms with van der Waals surface area (Å²) in [6.07, 6.45) is 5.11. The predicted molar refractivity (Wildman–Crippen MR) is 124 cm³/mol. The summed E-state index contributed by atoms with van der Waals surface area (Å²) < 4.78 is 0. The van der Waals surface area contributed by atoms with Gasteiger partial charge in [-0.15, -0.1) is 15.0 Å². The van der Waals surface area contributed by atoms with Gasteiger partial charge in [-0.3, -0.25) is 0 Å². The van der Waals surface area contributed by atoms with Crippen LogP contribution < -0.4 is 0 Å². The molecule has 7 heteroatoms. The van der Waals surface area contributed by atoms with Crippen LogP contribution in [0.1, 0.15) is 65.5 Å². The molecule has 0 aliphatic heterocycles. The number of nitrogens with one attached hydrogen (secondary N) is 1. The monoisotopic (exact) mass is 420 g/mol. The molecule has 2 aromatic heterocycles. The second-order valence-corrected chi connectivity index (χ2v) is 9.00. The summed E-state index contributed by atoms with van der Waals surface area (Å²) in [4.78, 5) is 1.57. The van der Waals surface area contributed by atoms with E-state index in [0.29, 0.717) is 5.69 Å². The van der Waals surface area contributed by atoms with Gasteiger partial charge in [-0.05, 0) is 47.4 Å². The van der Waals surface area contributed by atoms with Crippen LogP contribution in [-0.2, 0) is 10.8 Å². The normalized spacial score (nSPS) is 11.9. The molecule has 0 aliphatic carbocycles. The second kappa shape index (κ2) is 8.88. The van der Waals surface area contributed by atoms with E-state index in [-0.39, 0.29) is 16.6 Å². The molecule has 0 fully saturated rings. The van der Waals surface area contributed by atoms with Crippen molar-refractivity contribution in [3.05, 3.63) is 59.9 Å². The Morgan fingerprint density at radius 1 is 0.871 bits per heavy atom. The highest BCUT2D eigenvalue weighted by Crippen LogP contribution is 2.41. The Morgan fingerprint density at radius 3 is 1.87 bits per heavy atom. The van der Waals surface area contributed by atoms with E-state index in [1.807, 2.05) is 30.3 Å². The third-order valence-corrected chi connectivity index (χ3v) is 6.20. The van der Waals surface area contributed by atoms with Gasteiger partial charge in [0.15, 0.2) is 0 Å². The summed E-state index contributed by atoms with van der Waals surface area (Å²) >= 11 is 0. The highest BCUT2D eigenvalue weighted by Gasteiger charge is 2.29. The molecule has 0 bridgehead atoms. The maximum Gasteiger partial charge on any atom is 0.146 e. The molecule has 4 rings (SSSR count). The van der Waals surface area contributed by atoms with Crippen molar-refractivity contribution in [2.75, 3.05) is 0 Å². The van der Waals surface area contributed by atoms with Crippen LogP contribution in [0.25, 0.3) is 16.7 Å². The molecule has 164 valence electrons. The minimum Gasteiger partial charge on any atom is -0.505 e. The SMILES string of the molecule is CCC(C)(C)c1cc(-n2nc3ccccc3n2)c(O)c(C(C)(C)CC)c1.c1cn[nH]n1. The minimum atomic E-state index is -0.134. The number of benzene rings is 2. The molecule has 2 heterocycles. The largest absolute Gasteiger partial charge is 0.505 e. The smallest absolute Gasteiger partial charge is 0.146 e. The Bertz CT molecular complexity index is 1080. The zero-order valence-corrected chi connectivity index (χ0v) is 19.2. The first kappa shape index (κ1) is 22.5. The van der Waals surface area contributed by atoms with Crippen molar-refractivity contribution in [3.63, 3.8) is 0 Å². The Kier molecular flexibility index (Phi) is 6.43. The standard InChI is InChI=1S/C22H29N3O.C2H3N3/c1-7-21(3,4)15-13-16(22(5,6)8-2)20(26)19(14-15)25-23-17-11-9-10-12-18(17)24-25;1-2-4-5-3-1/h9-14,26H,7-8H2,1-6H3;1-2H,(H,3,4,5). The number of hydrogen-bond donors (Lipinski definition) is 2. The van der Waals surface area contributed by atoms with Gasteiger partial charge < -0.3 is 5.11 Å². The van der Waals surface area contributed by atoms with Gasteiger partial charge in [0.1, 0.15) is 22.5 Å². The van der Waals surface area contributed by atoms with E-state index in [2.05, 4.69) is 73.2 Å². The molecule has 0 aliphatic rings. The highest BCUT2D eigenvalue weighted by atomic mass is 16.3. The lowest BCUT2D eigenvalue weighted by Gasteiger charge is -2.30. The second-order valence-electron chi connectivity index (χ2n) is 9.00. The summed E-state index contributed by atoms with van der Waals surface area (Å²) in [5.41, 5.74) is 4.32. The number of fused-ring (bicyclic) bond motifs is 1. The van der Waals surface area contributed by atoms with Gasteiger partial charge in [0.05, 0.1) is 12.4 Å². The molecule has 0 amide bonds. The fraction of sp³-hybridized carbons (Fsp3) is 0.417. The summed E-state index contributed by atoms with van der Waals surface area (Å²) in [5, 5.41) is 29.6. The first-order valence-corrected chi connectivity index (χ1v) is 10.7. The zero-order chi connectivity index (χ0) is 22.6. The van der Waals surface area contributed by atoms with Gasteiger partial charge in [-0.1, -0.05) is 59.7 Å². The first-order valence-electron chi connectivity index (χ1n) is 10.7. The summed E-state index contributed by atoms with van der Waals surface area (Å²) in [7, 11) is 0. The molecule has 7 nitrogen and oxygen atoms in total. The molecule has 0 saturated heterocycles. The topological polar surface area (TPSA) is 92.5 Å². The van der Waals surface area contributed by atoms with E-state index in [9.17, 15) is 5.11 Å². The maximum atomic E-state index is 11.1. The molecule has 0 unspecified atom stereocenters. The van der Waals surface area contributed by atoms with Crippen molar-refractivity contribution in [1.29, 1.82) is 0 Å². The lowest BCUT2D eigenvalue weighted by molar-refractivity contribution is 0.420. The van der Waals surface area contributed by atoms with Crippen molar-refractivity contribution in [1.82, 2.24) is 30.4 Å². The Balaban J connectivity index is 0.000000478. The van der Waals surface area contributed by atoms with Crippen LogP contribution >= 0.6 is 0 Å². The van der Waals surface area contributed by atoms with Crippen LogP contribution in [0.2, 0.25) is 0 Å². The fourth-order valence-corrected chi connectivity index (χ4v) is 3.21. The van der Waals surface area contributed by atoms with Gasteiger partial charge in [-0.2, -0.15) is 15.4 Å². The zero-order valence-electron chi connectivity index (χ0n) is 19.2. The number of aromatic amines is 1. The van der Waals surface area contributed by atoms with Crippen LogP contribution in [-0.4, -0.2) is 35.5 Å². The average Bonchev–Trinajstić information content (AvgIpc) is 3.46. The van der Waals surface area contributed by atoms with Crippen molar-refractivity contribution in [3.8, 4) is 11.4 Å². The molecule has 4 aromatic rings. The third-order valence-electron chi connectivity index (χ3n) is 6.20. The fourth-order valence-electron chi connectivity index (χ4n) is 3.21. The number of aromatic nitrogens is 6. The lowest BCUT2D eigenvalue weighted by atomic mass is 9.76. The number of H-pyrrole nitrogens is 1. The predicted octanol–water partition coefficient (Wildman–Crippen LogP) is 5.31. The molecule has 2 aromatic carbocycles. The van der Waals surface area contributed by atoms with E-state index in [4.69, 9.17) is 0 Å². The van der Waals surface area contributed by atoms with Crippen molar-refractivity contribution in [2.45, 2.75) is 65.2 Å². The van der Waals surface area contributed by atoms with Gasteiger partial charge in [0.2, 0.25) is 0 Å². The number of rotatable bonds is 5. The number of phenolic OH excluding ortho intramolecular Hbond substituents is 1. The van der Waals surface area contributed by atoms with Crippen molar-refractivity contribution in [2.24, 2.45) is 0 Å². The van der Waals surface area contributed by atoms with Crippen LogP contribution in [0.5, 0.6) is 5.75 Å². The first-order chi connectivity index (χ1) is 14.7. The van der Waals surface area contributed by atoms with E-state index in [1.54, 1.807) is 17.2 Å². The lowest BCUT2D eigenvalue weighted by Crippen LogP contribution is -2.21. The van der Waals surface area contributed by atoms with Gasteiger partial charge in [0, 0.05) is 5.56 Å². The molecule has 2 N–H and O–H groups in total. The quantitative estimate of drug-likeness (QED) is 0.457. The van der Waals surface area contributed by atoms with Crippen LogP contribution in [0.15, 0.2) is 48.8 Å². The third kappa shape index (κ3) is 4.76. The molecule has 31 heavy (non-hydrogen) atoms. The minimum absolute atomic E-state index is 0.00754. The van der Waals surface area contributed by atoms with E-state index in [0.717, 1.165) is 29.4 Å². The Morgan fingerprint density at radius 2 is 1.42 bits per heavy atom. The van der Waals surface area contributed by atoms with Gasteiger partial charge >= 0.3 is 0 Å². The molecular weight excluding hydrogens is 388 g/mol. The van der Waals surface area contributed by atoms with Crippen LogP contribution in [0, 0.1) is 0 Å². The van der Waals surface area contributed by atoms with Crippen molar-refractivity contribution >= 4 is 11.0 Å². The van der Waals surface area contributed by atoms with Crippen LogP contribution in [0.3, 0.4) is 0 Å². The van der Waals surface area contributed by atoms with Gasteiger partial charge in [-0.25, -0.2) is 0 Å². The van der Waals surface area contributed by atoms with E-state index >= 15 is 0 Å². The van der Waals surface area contributed by atoms with Crippen molar-refractivity contribution < 1.29 is 5.11 Å². The molecular formula is C24H32N6O. The molecule has 0 saturated carbocycles. The van der Waals surface area contributed by atoms with Crippen LogP contribution in [0.4, 0.5) is 0 Å².